The monoisotopic (exact) mass is 198 g/mol. The molecule has 15 heavy (non-hydrogen) atoms. The van der Waals surface area contributed by atoms with E-state index in [0.717, 1.165) is 11.3 Å². The average molecular weight is 198 g/mol. The number of benzene rings is 1. The SMILES string of the molecule is [C-]#[N+]c1cnn(-c2ccccc2C)c1N. The third-order valence-electron chi connectivity index (χ3n) is 2.25. The Balaban J connectivity index is 2.61. The lowest BCUT2D eigenvalue weighted by Gasteiger charge is -2.07. The second kappa shape index (κ2) is 3.46. The van der Waals surface area contributed by atoms with Crippen LogP contribution >= 0.6 is 0 Å². The quantitative estimate of drug-likeness (QED) is 0.715. The summed E-state index contributed by atoms with van der Waals surface area (Å²) in [7, 11) is 0. The molecule has 0 saturated carbocycles. The van der Waals surface area contributed by atoms with Gasteiger partial charge in [-0.05, 0) is 18.6 Å². The van der Waals surface area contributed by atoms with Gasteiger partial charge in [0.1, 0.15) is 5.82 Å². The summed E-state index contributed by atoms with van der Waals surface area (Å²) in [6.07, 6.45) is 1.48. The third kappa shape index (κ3) is 1.44. The minimum Gasteiger partial charge on any atom is -0.392 e. The molecule has 0 spiro atoms. The zero-order valence-electron chi connectivity index (χ0n) is 8.31. The van der Waals surface area contributed by atoms with Gasteiger partial charge in [-0.2, -0.15) is 5.10 Å². The molecule has 0 aliphatic heterocycles. The molecular formula is C11H10N4. The Hall–Kier alpha value is -2.28. The summed E-state index contributed by atoms with van der Waals surface area (Å²) in [4.78, 5) is 3.29. The Bertz CT molecular complexity index is 534. The highest BCUT2D eigenvalue weighted by atomic mass is 15.3. The van der Waals surface area contributed by atoms with E-state index in [4.69, 9.17) is 12.3 Å². The Kier molecular flexibility index (Phi) is 2.14. The molecule has 0 aliphatic carbocycles. The van der Waals surface area contributed by atoms with Gasteiger partial charge in [0.25, 0.3) is 0 Å². The van der Waals surface area contributed by atoms with E-state index in [1.807, 2.05) is 31.2 Å². The van der Waals surface area contributed by atoms with E-state index < -0.39 is 0 Å². The first kappa shape index (κ1) is 9.28. The summed E-state index contributed by atoms with van der Waals surface area (Å²) in [5.41, 5.74) is 8.17. The van der Waals surface area contributed by atoms with Gasteiger partial charge in [-0.15, -0.1) is 0 Å². The fourth-order valence-electron chi connectivity index (χ4n) is 1.43. The van der Waals surface area contributed by atoms with Crippen LogP contribution in [0.25, 0.3) is 10.5 Å². The van der Waals surface area contributed by atoms with Crippen molar-refractivity contribution in [3.63, 3.8) is 0 Å². The number of anilines is 1. The molecule has 1 heterocycles. The van der Waals surface area contributed by atoms with E-state index >= 15 is 0 Å². The van der Waals surface area contributed by atoms with E-state index in [1.165, 1.54) is 6.20 Å². The minimum absolute atomic E-state index is 0.387. The van der Waals surface area contributed by atoms with Crippen LogP contribution in [-0.4, -0.2) is 9.78 Å². The average Bonchev–Trinajstić information content (AvgIpc) is 2.60. The zero-order chi connectivity index (χ0) is 10.8. The number of hydrogen-bond acceptors (Lipinski definition) is 2. The van der Waals surface area contributed by atoms with Gasteiger partial charge in [0.15, 0.2) is 0 Å². The molecule has 0 saturated heterocycles. The molecule has 1 aromatic heterocycles. The van der Waals surface area contributed by atoms with E-state index in [2.05, 4.69) is 9.94 Å². The van der Waals surface area contributed by atoms with Crippen LogP contribution in [0.4, 0.5) is 11.5 Å². The van der Waals surface area contributed by atoms with E-state index in [0.29, 0.717) is 11.5 Å². The van der Waals surface area contributed by atoms with Crippen LogP contribution in [0.5, 0.6) is 0 Å². The highest BCUT2D eigenvalue weighted by Gasteiger charge is 2.09. The van der Waals surface area contributed by atoms with Crippen molar-refractivity contribution in [2.24, 2.45) is 0 Å². The van der Waals surface area contributed by atoms with Crippen LogP contribution in [-0.2, 0) is 0 Å². The molecule has 0 unspecified atom stereocenters. The Morgan fingerprint density at radius 3 is 2.73 bits per heavy atom. The van der Waals surface area contributed by atoms with Crippen LogP contribution in [0.3, 0.4) is 0 Å². The number of aryl methyl sites for hydroxylation is 1. The minimum atomic E-state index is 0.387. The largest absolute Gasteiger partial charge is 0.392 e. The van der Waals surface area contributed by atoms with Crippen molar-refractivity contribution in [3.8, 4) is 5.69 Å². The van der Waals surface area contributed by atoms with Gasteiger partial charge < -0.3 is 5.73 Å². The fourth-order valence-corrected chi connectivity index (χ4v) is 1.43. The van der Waals surface area contributed by atoms with Gasteiger partial charge >= 0.3 is 0 Å². The summed E-state index contributed by atoms with van der Waals surface area (Å²) < 4.78 is 1.59. The van der Waals surface area contributed by atoms with Crippen molar-refractivity contribution in [1.82, 2.24) is 9.78 Å². The Morgan fingerprint density at radius 2 is 2.13 bits per heavy atom. The summed E-state index contributed by atoms with van der Waals surface area (Å²) in [6, 6.07) is 7.77. The summed E-state index contributed by atoms with van der Waals surface area (Å²) in [6.45, 7) is 8.89. The standard InChI is InChI=1S/C11H10N4/c1-8-5-3-4-6-10(8)15-11(12)9(13-2)7-14-15/h3-7H,12H2,1H3. The van der Waals surface area contributed by atoms with Crippen LogP contribution in [0, 0.1) is 13.5 Å². The molecule has 2 aromatic rings. The van der Waals surface area contributed by atoms with Gasteiger partial charge in [0, 0.05) is 0 Å². The maximum Gasteiger partial charge on any atom is 0.247 e. The molecular weight excluding hydrogens is 188 g/mol. The summed E-state index contributed by atoms with van der Waals surface area (Å²) in [5.74, 6) is 0.388. The first-order valence-electron chi connectivity index (χ1n) is 4.51. The van der Waals surface area contributed by atoms with Crippen molar-refractivity contribution in [3.05, 3.63) is 47.4 Å². The van der Waals surface area contributed by atoms with Gasteiger partial charge in [0.05, 0.1) is 18.5 Å². The number of nitrogens with two attached hydrogens (primary N) is 1. The molecule has 1 aromatic carbocycles. The maximum atomic E-state index is 6.91. The lowest BCUT2D eigenvalue weighted by molar-refractivity contribution is 0.883. The van der Waals surface area contributed by atoms with Gasteiger partial charge in [-0.25, -0.2) is 9.53 Å². The van der Waals surface area contributed by atoms with Crippen molar-refractivity contribution >= 4 is 11.5 Å². The molecule has 0 radical (unpaired) electrons. The predicted octanol–water partition coefficient (Wildman–Crippen LogP) is 2.31. The number of hydrogen-bond donors (Lipinski definition) is 1. The maximum absolute atomic E-state index is 6.91. The van der Waals surface area contributed by atoms with Crippen LogP contribution < -0.4 is 5.73 Å². The van der Waals surface area contributed by atoms with Crippen molar-refractivity contribution in [1.29, 1.82) is 0 Å². The third-order valence-corrected chi connectivity index (χ3v) is 2.25. The van der Waals surface area contributed by atoms with E-state index in [1.54, 1.807) is 4.68 Å². The first-order valence-corrected chi connectivity index (χ1v) is 4.51. The van der Waals surface area contributed by atoms with E-state index in [-0.39, 0.29) is 0 Å². The smallest absolute Gasteiger partial charge is 0.247 e. The molecule has 2 N–H and O–H groups in total. The molecule has 0 fully saturated rings. The number of nitrogen functional groups attached to an aromatic ring is 1. The number of para-hydroxylation sites is 1. The second-order valence-electron chi connectivity index (χ2n) is 3.23. The van der Waals surface area contributed by atoms with Crippen LogP contribution in [0.1, 0.15) is 5.56 Å². The van der Waals surface area contributed by atoms with Gasteiger partial charge in [-0.3, -0.25) is 0 Å². The second-order valence-corrected chi connectivity index (χ2v) is 3.23. The normalized spacial score (nSPS) is 9.87. The lowest BCUT2D eigenvalue weighted by atomic mass is 10.2. The topological polar surface area (TPSA) is 48.2 Å². The van der Waals surface area contributed by atoms with Crippen molar-refractivity contribution in [2.45, 2.75) is 6.92 Å². The number of nitrogens with zero attached hydrogens (tertiary/aromatic N) is 3. The number of aromatic nitrogens is 2. The Morgan fingerprint density at radius 1 is 1.40 bits per heavy atom. The molecule has 4 nitrogen and oxygen atoms in total. The molecule has 74 valence electrons. The fraction of sp³-hybridized carbons (Fsp3) is 0.0909. The van der Waals surface area contributed by atoms with E-state index in [9.17, 15) is 0 Å². The first-order chi connectivity index (χ1) is 7.24. The molecule has 2 rings (SSSR count). The summed E-state index contributed by atoms with van der Waals surface area (Å²) in [5, 5.41) is 4.10. The lowest BCUT2D eigenvalue weighted by Crippen LogP contribution is -2.03. The zero-order valence-corrected chi connectivity index (χ0v) is 8.31. The molecule has 0 amide bonds. The highest BCUT2D eigenvalue weighted by Crippen LogP contribution is 2.25. The van der Waals surface area contributed by atoms with Crippen LogP contribution in [0.2, 0.25) is 0 Å². The molecule has 0 bridgehead atoms. The molecule has 0 aliphatic rings. The summed E-state index contributed by atoms with van der Waals surface area (Å²) >= 11 is 0. The molecule has 4 heteroatoms. The van der Waals surface area contributed by atoms with Gasteiger partial charge in [-0.1, -0.05) is 18.2 Å². The van der Waals surface area contributed by atoms with Crippen molar-refractivity contribution in [2.75, 3.05) is 5.73 Å². The molecule has 0 atom stereocenters. The van der Waals surface area contributed by atoms with Crippen LogP contribution in [0.15, 0.2) is 30.5 Å². The highest BCUT2D eigenvalue weighted by molar-refractivity contribution is 5.65. The van der Waals surface area contributed by atoms with Crippen molar-refractivity contribution < 1.29 is 0 Å². The predicted molar refractivity (Wildman–Crippen MR) is 59.0 cm³/mol. The van der Waals surface area contributed by atoms with Gasteiger partial charge in [0.2, 0.25) is 5.69 Å². The Labute approximate surface area is 87.8 Å². The number of rotatable bonds is 1.